The van der Waals surface area contributed by atoms with Gasteiger partial charge in [0.2, 0.25) is 0 Å². The van der Waals surface area contributed by atoms with Crippen molar-refractivity contribution in [1.82, 2.24) is 0 Å². The van der Waals surface area contributed by atoms with Gasteiger partial charge in [-0.3, -0.25) is 0 Å². The lowest BCUT2D eigenvalue weighted by Crippen LogP contribution is -2.27. The maximum atomic E-state index is 5.39. The van der Waals surface area contributed by atoms with Crippen LogP contribution in [0.15, 0.2) is 11.6 Å². The van der Waals surface area contributed by atoms with E-state index in [9.17, 15) is 0 Å². The summed E-state index contributed by atoms with van der Waals surface area (Å²) >= 11 is 0. The number of rotatable bonds is 0. The molecule has 3 heteroatoms. The lowest BCUT2D eigenvalue weighted by Gasteiger charge is -2.24. The molecular formula is C56H116O3. The maximum absolute atomic E-state index is 5.39. The summed E-state index contributed by atoms with van der Waals surface area (Å²) in [6.45, 7) is 34.6. The average molecular weight is 838 g/mol. The fraction of sp³-hybridized carbons (Fsp3) is 0.964. The molecule has 0 aromatic heterocycles. The standard InChI is InChI=1S/4C8H16.C8H14.C7H14O.C6H12O2.3CH4/c5*1-7-3-5-8(2)6-4-7;1-6-3-4-7(2)8-5-6;1-5-3-7-6(2)8-4-5;;;/h4*7-8H,3-6H2,1-2H3;3,8H,4-6H2,1-2H3;6-7H,3-5H2,1-2H3;5-6H,3-4H2,1-2H3;3*1H4. The smallest absolute Gasteiger partial charge is 0.154 e. The molecule has 0 spiro atoms. The molecule has 4 saturated carbocycles. The van der Waals surface area contributed by atoms with Crippen LogP contribution < -0.4 is 0 Å². The molecule has 59 heavy (non-hydrogen) atoms. The monoisotopic (exact) mass is 837 g/mol. The van der Waals surface area contributed by atoms with Crippen molar-refractivity contribution < 1.29 is 14.2 Å². The van der Waals surface area contributed by atoms with Crippen molar-refractivity contribution in [1.29, 1.82) is 0 Å². The van der Waals surface area contributed by atoms with E-state index in [-0.39, 0.29) is 28.6 Å². The largest absolute Gasteiger partial charge is 0.378 e. The van der Waals surface area contributed by atoms with Gasteiger partial charge in [-0.05, 0) is 112 Å². The molecule has 7 rings (SSSR count). The predicted octanol–water partition coefficient (Wildman–Crippen LogP) is 18.8. The minimum atomic E-state index is 0. The average Bonchev–Trinajstić information content (AvgIpc) is 3.18. The molecule has 358 valence electrons. The van der Waals surface area contributed by atoms with Crippen LogP contribution in [-0.4, -0.2) is 32.2 Å². The molecule has 0 radical (unpaired) electrons. The molecule has 3 unspecified atom stereocenters. The van der Waals surface area contributed by atoms with Crippen LogP contribution in [0.25, 0.3) is 0 Å². The Hall–Kier alpha value is -0.380. The highest BCUT2D eigenvalue weighted by atomic mass is 16.7. The number of hydrogen-bond acceptors (Lipinski definition) is 3. The van der Waals surface area contributed by atoms with E-state index in [1.54, 1.807) is 5.57 Å². The molecule has 0 aromatic rings. The van der Waals surface area contributed by atoms with Crippen LogP contribution in [0.4, 0.5) is 0 Å². The van der Waals surface area contributed by atoms with E-state index in [1.165, 1.54) is 135 Å². The summed E-state index contributed by atoms with van der Waals surface area (Å²) in [5, 5.41) is 0. The van der Waals surface area contributed by atoms with E-state index in [2.05, 4.69) is 96.1 Å². The van der Waals surface area contributed by atoms with Crippen molar-refractivity contribution >= 4 is 0 Å². The summed E-state index contributed by atoms with van der Waals surface area (Å²) in [4.78, 5) is 0. The van der Waals surface area contributed by atoms with Gasteiger partial charge < -0.3 is 14.2 Å². The lowest BCUT2D eigenvalue weighted by atomic mass is 9.84. The molecular weight excluding hydrogens is 721 g/mol. The van der Waals surface area contributed by atoms with Gasteiger partial charge in [0, 0.05) is 12.5 Å². The molecule has 2 aliphatic heterocycles. The zero-order valence-corrected chi connectivity index (χ0v) is 40.8. The van der Waals surface area contributed by atoms with Crippen LogP contribution in [0, 0.1) is 65.1 Å². The summed E-state index contributed by atoms with van der Waals surface area (Å²) in [6, 6.07) is 0. The quantitative estimate of drug-likeness (QED) is 0.228. The van der Waals surface area contributed by atoms with Crippen molar-refractivity contribution in [2.75, 3.05) is 19.8 Å². The highest BCUT2D eigenvalue weighted by Gasteiger charge is 2.17. The SMILES string of the molecule is C.C.C.CC1=CCC(C)CC1.CC1CCC(C)CC1.CC1CCC(C)CC1.CC1CCC(C)CC1.CC1CCC(C)CC1.CC1CCC(C)OC1.CC1COC(C)OC1. The number of hydrogen-bond donors (Lipinski definition) is 0. The Bertz CT molecular complexity index is 667. The Labute approximate surface area is 375 Å². The van der Waals surface area contributed by atoms with Crippen LogP contribution in [0.3, 0.4) is 0 Å². The molecule has 3 nitrogen and oxygen atoms in total. The van der Waals surface area contributed by atoms with E-state index >= 15 is 0 Å². The Morgan fingerprint density at radius 3 is 0.780 bits per heavy atom. The van der Waals surface area contributed by atoms with Crippen LogP contribution in [0.1, 0.15) is 254 Å². The van der Waals surface area contributed by atoms with E-state index in [0.29, 0.717) is 12.0 Å². The minimum absolute atomic E-state index is 0. The first-order valence-electron chi connectivity index (χ1n) is 25.0. The van der Waals surface area contributed by atoms with Gasteiger partial charge in [-0.15, -0.1) is 0 Å². The third-order valence-electron chi connectivity index (χ3n) is 14.1. The lowest BCUT2D eigenvalue weighted by molar-refractivity contribution is -0.187. The number of allylic oxidation sites excluding steroid dienone is 2. The molecule has 0 bridgehead atoms. The molecule has 2 saturated heterocycles. The summed E-state index contributed by atoms with van der Waals surface area (Å²) in [5.74, 6) is 10.5. The van der Waals surface area contributed by atoms with Gasteiger partial charge in [-0.25, -0.2) is 0 Å². The second-order valence-corrected chi connectivity index (χ2v) is 21.6. The summed E-state index contributed by atoms with van der Waals surface area (Å²) < 4.78 is 15.7. The van der Waals surface area contributed by atoms with Gasteiger partial charge in [0.15, 0.2) is 6.29 Å². The number of ether oxygens (including phenoxy) is 3. The normalized spacial score (nSPS) is 36.4. The van der Waals surface area contributed by atoms with Crippen LogP contribution in [0.5, 0.6) is 0 Å². The molecule has 2 heterocycles. The summed E-state index contributed by atoms with van der Waals surface area (Å²) in [5.41, 5.74) is 1.59. The van der Waals surface area contributed by atoms with Gasteiger partial charge in [-0.1, -0.05) is 213 Å². The van der Waals surface area contributed by atoms with Crippen molar-refractivity contribution in [3.05, 3.63) is 11.6 Å². The third-order valence-corrected chi connectivity index (χ3v) is 14.1. The van der Waals surface area contributed by atoms with Gasteiger partial charge in [0.1, 0.15) is 0 Å². The zero-order chi connectivity index (χ0) is 41.9. The van der Waals surface area contributed by atoms with E-state index in [1.807, 2.05) is 6.92 Å². The van der Waals surface area contributed by atoms with Crippen molar-refractivity contribution in [3.8, 4) is 0 Å². The van der Waals surface area contributed by atoms with Crippen LogP contribution in [0.2, 0.25) is 0 Å². The van der Waals surface area contributed by atoms with Crippen molar-refractivity contribution in [3.63, 3.8) is 0 Å². The zero-order valence-electron chi connectivity index (χ0n) is 40.8. The van der Waals surface area contributed by atoms with E-state index in [0.717, 1.165) is 79.0 Å². The van der Waals surface area contributed by atoms with Gasteiger partial charge in [0.25, 0.3) is 0 Å². The van der Waals surface area contributed by atoms with Crippen LogP contribution in [-0.2, 0) is 14.2 Å². The van der Waals surface area contributed by atoms with Crippen LogP contribution >= 0.6 is 0 Å². The summed E-state index contributed by atoms with van der Waals surface area (Å²) in [7, 11) is 0. The third kappa shape index (κ3) is 36.8. The molecule has 0 aromatic carbocycles. The maximum Gasteiger partial charge on any atom is 0.154 e. The van der Waals surface area contributed by atoms with Crippen molar-refractivity contribution in [2.45, 2.75) is 266 Å². The van der Waals surface area contributed by atoms with Gasteiger partial charge >= 0.3 is 0 Å². The fourth-order valence-corrected chi connectivity index (χ4v) is 8.51. The Morgan fingerprint density at radius 2 is 0.593 bits per heavy atom. The Kier molecular flexibility index (Phi) is 40.6. The molecule has 7 aliphatic rings. The molecule has 6 fully saturated rings. The first-order chi connectivity index (χ1) is 26.5. The Morgan fingerprint density at radius 1 is 0.322 bits per heavy atom. The van der Waals surface area contributed by atoms with Crippen molar-refractivity contribution in [2.24, 2.45) is 65.1 Å². The van der Waals surface area contributed by atoms with E-state index in [4.69, 9.17) is 14.2 Å². The summed E-state index contributed by atoms with van der Waals surface area (Å²) in [6.07, 6.45) is 33.1. The first-order valence-corrected chi connectivity index (χ1v) is 25.0. The second kappa shape index (κ2) is 38.1. The second-order valence-electron chi connectivity index (χ2n) is 21.6. The Balaban J connectivity index is -0.000000615. The molecule has 0 N–H and O–H groups in total. The highest BCUT2D eigenvalue weighted by molar-refractivity contribution is 5.02. The predicted molar refractivity (Wildman–Crippen MR) is 268 cm³/mol. The van der Waals surface area contributed by atoms with Gasteiger partial charge in [0.05, 0.1) is 19.3 Å². The molecule has 5 aliphatic carbocycles. The molecule has 0 amide bonds. The fourth-order valence-electron chi connectivity index (χ4n) is 8.51. The van der Waals surface area contributed by atoms with E-state index < -0.39 is 0 Å². The first kappa shape index (κ1) is 62.9. The van der Waals surface area contributed by atoms with Gasteiger partial charge in [-0.2, -0.15) is 0 Å². The highest BCUT2D eigenvalue weighted by Crippen LogP contribution is 2.29. The topological polar surface area (TPSA) is 27.7 Å². The molecule has 3 atom stereocenters. The minimum Gasteiger partial charge on any atom is -0.378 e.